The topological polar surface area (TPSA) is 97.6 Å². The van der Waals surface area contributed by atoms with E-state index in [1.165, 1.54) is 26.4 Å². The van der Waals surface area contributed by atoms with E-state index >= 15 is 0 Å². The fourth-order valence-electron chi connectivity index (χ4n) is 4.13. The van der Waals surface area contributed by atoms with Crippen molar-refractivity contribution in [2.45, 2.75) is 12.8 Å². The normalized spacial score (nSPS) is 12.6. The van der Waals surface area contributed by atoms with Gasteiger partial charge in [-0.05, 0) is 40.8 Å². The third-order valence-electron chi connectivity index (χ3n) is 5.60. The van der Waals surface area contributed by atoms with E-state index in [1.807, 2.05) is 18.2 Å². The van der Waals surface area contributed by atoms with Crippen LogP contribution in [0.5, 0.6) is 23.3 Å². The number of fused-ring (bicyclic) bond motifs is 2. The second-order valence-corrected chi connectivity index (χ2v) is 7.49. The average molecular weight is 427 g/mol. The molecule has 0 atom stereocenters. The minimum Gasteiger partial charge on any atom is -0.507 e. The van der Waals surface area contributed by atoms with Crippen LogP contribution in [0.25, 0.3) is 39.6 Å². The Morgan fingerprint density at radius 2 is 1.56 bits per heavy atom. The van der Waals surface area contributed by atoms with E-state index in [1.54, 1.807) is 0 Å². The van der Waals surface area contributed by atoms with Crippen molar-refractivity contribution >= 4 is 16.8 Å². The van der Waals surface area contributed by atoms with Crippen LogP contribution in [0.15, 0.2) is 48.5 Å². The summed E-state index contributed by atoms with van der Waals surface area (Å²) in [5.74, 6) is 0.440. The Balaban J connectivity index is 1.81. The fourth-order valence-corrected chi connectivity index (χ4v) is 4.13. The molecule has 5 rings (SSSR count). The molecule has 0 radical (unpaired) electrons. The van der Waals surface area contributed by atoms with Crippen molar-refractivity contribution < 1.29 is 19.7 Å². The number of hydrogen-bond donors (Lipinski definition) is 2. The molecule has 1 aliphatic rings. The van der Waals surface area contributed by atoms with Gasteiger partial charge in [0.05, 0.1) is 14.2 Å². The van der Waals surface area contributed by atoms with Gasteiger partial charge in [-0.1, -0.05) is 36.4 Å². The van der Waals surface area contributed by atoms with Gasteiger partial charge in [0, 0.05) is 17.7 Å². The molecule has 0 fully saturated rings. The molecule has 0 amide bonds. The van der Waals surface area contributed by atoms with Gasteiger partial charge < -0.3 is 19.7 Å². The molecule has 7 heteroatoms. The predicted octanol–water partition coefficient (Wildman–Crippen LogP) is 4.75. The van der Waals surface area contributed by atoms with Crippen molar-refractivity contribution in [3.8, 4) is 46.0 Å². The number of aromatic hydroxyl groups is 2. The highest BCUT2D eigenvalue weighted by molar-refractivity contribution is 5.99. The maximum Gasteiger partial charge on any atom is 0.320 e. The fraction of sp³-hybridized carbons (Fsp3) is 0.160. The van der Waals surface area contributed by atoms with E-state index < -0.39 is 0 Å². The van der Waals surface area contributed by atoms with Crippen molar-refractivity contribution in [1.29, 1.82) is 0 Å². The molecule has 32 heavy (non-hydrogen) atoms. The molecule has 1 aromatic heterocycles. The molecule has 4 aromatic rings. The van der Waals surface area contributed by atoms with Gasteiger partial charge in [-0.15, -0.1) is 0 Å². The number of nitrogens with zero attached hydrogens (tertiary/aromatic N) is 3. The van der Waals surface area contributed by atoms with Crippen molar-refractivity contribution in [2.75, 3.05) is 14.2 Å². The van der Waals surface area contributed by atoms with Gasteiger partial charge in [0.1, 0.15) is 22.8 Å². The van der Waals surface area contributed by atoms with E-state index in [4.69, 9.17) is 9.47 Å². The van der Waals surface area contributed by atoms with Crippen LogP contribution in [0.1, 0.15) is 17.5 Å². The first-order valence-electron chi connectivity index (χ1n) is 10.2. The summed E-state index contributed by atoms with van der Waals surface area (Å²) in [6, 6.07) is 13.1. The van der Waals surface area contributed by atoms with E-state index in [0.717, 1.165) is 40.3 Å². The van der Waals surface area contributed by atoms with Crippen LogP contribution in [0, 0.1) is 0 Å². The van der Waals surface area contributed by atoms with Crippen molar-refractivity contribution in [3.05, 3.63) is 59.7 Å². The lowest BCUT2D eigenvalue weighted by Crippen LogP contribution is -2.05. The smallest absolute Gasteiger partial charge is 0.320 e. The summed E-state index contributed by atoms with van der Waals surface area (Å²) in [6.45, 7) is 0. The average Bonchev–Trinajstić information content (AvgIpc) is 2.81. The molecule has 1 heterocycles. The Morgan fingerprint density at radius 1 is 0.844 bits per heavy atom. The van der Waals surface area contributed by atoms with Gasteiger partial charge >= 0.3 is 6.01 Å². The Kier molecular flexibility index (Phi) is 4.86. The highest BCUT2D eigenvalue weighted by Gasteiger charge is 2.22. The van der Waals surface area contributed by atoms with Gasteiger partial charge in [-0.25, -0.2) is 4.98 Å². The third-order valence-corrected chi connectivity index (χ3v) is 5.60. The summed E-state index contributed by atoms with van der Waals surface area (Å²) in [5.41, 5.74) is 3.26. The summed E-state index contributed by atoms with van der Waals surface area (Å²) in [6.07, 6.45) is 6.06. The minimum absolute atomic E-state index is 0.0850. The van der Waals surface area contributed by atoms with Crippen LogP contribution >= 0.6 is 0 Å². The van der Waals surface area contributed by atoms with E-state index in [-0.39, 0.29) is 28.9 Å². The monoisotopic (exact) mass is 427 g/mol. The lowest BCUT2D eigenvalue weighted by molar-refractivity contribution is 0.379. The Morgan fingerprint density at radius 3 is 2.28 bits per heavy atom. The van der Waals surface area contributed by atoms with Crippen LogP contribution in [0.2, 0.25) is 0 Å². The van der Waals surface area contributed by atoms with Gasteiger partial charge in [0.2, 0.25) is 0 Å². The lowest BCUT2D eigenvalue weighted by Gasteiger charge is -2.18. The molecule has 160 valence electrons. The van der Waals surface area contributed by atoms with Crippen LogP contribution < -0.4 is 9.47 Å². The molecular formula is C25H21N3O4. The van der Waals surface area contributed by atoms with E-state index in [0.29, 0.717) is 11.6 Å². The molecule has 0 bridgehead atoms. The number of phenolic OH excluding ortho intramolecular Hbond substituents is 2. The van der Waals surface area contributed by atoms with Crippen molar-refractivity contribution in [1.82, 2.24) is 15.0 Å². The summed E-state index contributed by atoms with van der Waals surface area (Å²) < 4.78 is 10.5. The van der Waals surface area contributed by atoms with E-state index in [2.05, 4.69) is 39.2 Å². The molecular weight excluding hydrogens is 406 g/mol. The van der Waals surface area contributed by atoms with Gasteiger partial charge in [-0.3, -0.25) is 0 Å². The van der Waals surface area contributed by atoms with Crippen LogP contribution in [0.3, 0.4) is 0 Å². The Hall–Kier alpha value is -4.13. The summed E-state index contributed by atoms with van der Waals surface area (Å²) in [5, 5.41) is 23.2. The molecule has 7 nitrogen and oxygen atoms in total. The highest BCUT2D eigenvalue weighted by atomic mass is 16.5. The van der Waals surface area contributed by atoms with Crippen LogP contribution in [-0.2, 0) is 6.42 Å². The van der Waals surface area contributed by atoms with Crippen molar-refractivity contribution in [3.63, 3.8) is 0 Å². The first kappa shape index (κ1) is 19.8. The molecule has 0 unspecified atom stereocenters. The van der Waals surface area contributed by atoms with Gasteiger partial charge in [0.25, 0.3) is 0 Å². The quantitative estimate of drug-likeness (QED) is 0.485. The number of hydrogen-bond acceptors (Lipinski definition) is 7. The standard InChI is InChI=1S/C25H21N3O4/c1-31-16-12-19(29)22(20(30)13-16)24-26-23(27-25(28-24)32-2)21-17-9-5-3-7-14(17)11-15-8-4-6-10-18(15)21/h3-5,7-9,11-13,29-30H,6,10H2,1-2H3. The Bertz CT molecular complexity index is 1360. The molecule has 0 spiro atoms. The zero-order chi connectivity index (χ0) is 22.2. The summed E-state index contributed by atoms with van der Waals surface area (Å²) in [4.78, 5) is 13.5. The lowest BCUT2D eigenvalue weighted by atomic mass is 9.88. The first-order valence-corrected chi connectivity index (χ1v) is 10.2. The number of methoxy groups -OCH3 is 2. The first-order chi connectivity index (χ1) is 15.6. The molecule has 3 aromatic carbocycles. The SMILES string of the molecule is COc1cc(O)c(-c2nc(OC)nc(-c3c4c(cc5ccccc35)C=CCC4)n2)c(O)c1. The Labute approximate surface area is 184 Å². The van der Waals surface area contributed by atoms with Crippen molar-refractivity contribution in [2.24, 2.45) is 0 Å². The molecule has 0 saturated carbocycles. The number of phenols is 2. The van der Waals surface area contributed by atoms with Gasteiger partial charge in [0.15, 0.2) is 11.6 Å². The molecule has 0 aliphatic heterocycles. The summed E-state index contributed by atoms with van der Waals surface area (Å²) in [7, 11) is 2.92. The van der Waals surface area contributed by atoms with Gasteiger partial charge in [-0.2, -0.15) is 9.97 Å². The maximum absolute atomic E-state index is 10.6. The second-order valence-electron chi connectivity index (χ2n) is 7.49. The number of rotatable bonds is 4. The predicted molar refractivity (Wildman–Crippen MR) is 122 cm³/mol. The molecule has 2 N–H and O–H groups in total. The number of benzene rings is 3. The zero-order valence-electron chi connectivity index (χ0n) is 17.7. The second kappa shape index (κ2) is 7.85. The third kappa shape index (κ3) is 3.28. The van der Waals surface area contributed by atoms with Crippen LogP contribution in [0.4, 0.5) is 0 Å². The number of ether oxygens (including phenoxy) is 2. The number of allylic oxidation sites excluding steroid dienone is 1. The summed E-state index contributed by atoms with van der Waals surface area (Å²) >= 11 is 0. The molecule has 0 saturated heterocycles. The molecule has 1 aliphatic carbocycles. The van der Waals surface area contributed by atoms with E-state index in [9.17, 15) is 10.2 Å². The largest absolute Gasteiger partial charge is 0.507 e. The minimum atomic E-state index is -0.205. The highest BCUT2D eigenvalue weighted by Crippen LogP contribution is 2.41. The maximum atomic E-state index is 10.6. The van der Waals surface area contributed by atoms with Crippen LogP contribution in [-0.4, -0.2) is 39.4 Å². The number of aromatic nitrogens is 3. The zero-order valence-corrected chi connectivity index (χ0v) is 17.7.